The number of nitrogens with zero attached hydrogens (tertiary/aromatic N) is 1. The number of carbonyl (C=O) groups excluding carboxylic acids is 2. The zero-order valence-electron chi connectivity index (χ0n) is 14.4. The third kappa shape index (κ3) is 4.80. The van der Waals surface area contributed by atoms with Crippen molar-refractivity contribution in [1.29, 1.82) is 0 Å². The minimum atomic E-state index is -0.225. The van der Waals surface area contributed by atoms with Gasteiger partial charge in [-0.2, -0.15) is 11.8 Å². The second-order valence-corrected chi connectivity index (χ2v) is 7.82. The topological polar surface area (TPSA) is 49.4 Å². The van der Waals surface area contributed by atoms with Crippen molar-refractivity contribution in [2.24, 2.45) is 0 Å². The normalized spacial score (nSPS) is 17.4. The summed E-state index contributed by atoms with van der Waals surface area (Å²) in [6.07, 6.45) is 0.854. The van der Waals surface area contributed by atoms with E-state index in [0.717, 1.165) is 22.8 Å². The summed E-state index contributed by atoms with van der Waals surface area (Å²) in [4.78, 5) is 26.4. The van der Waals surface area contributed by atoms with E-state index in [0.29, 0.717) is 23.9 Å². The molecular weight excluding hydrogens is 368 g/mol. The Balaban J connectivity index is 1.53. The summed E-state index contributed by atoms with van der Waals surface area (Å²) >= 11 is 8.14. The summed E-state index contributed by atoms with van der Waals surface area (Å²) in [6, 6.07) is 16.8. The third-order valence-corrected chi connectivity index (χ3v) is 6.04. The molecule has 4 nitrogen and oxygen atoms in total. The van der Waals surface area contributed by atoms with Crippen LogP contribution in [0.15, 0.2) is 54.6 Å². The van der Waals surface area contributed by atoms with Crippen molar-refractivity contribution < 1.29 is 9.59 Å². The molecule has 26 heavy (non-hydrogen) atoms. The fourth-order valence-corrected chi connectivity index (χ4v) is 4.56. The number of halogens is 1. The minimum absolute atomic E-state index is 0.0230. The number of rotatable bonds is 4. The lowest BCUT2D eigenvalue weighted by Gasteiger charge is -2.20. The van der Waals surface area contributed by atoms with E-state index in [1.165, 1.54) is 0 Å². The maximum atomic E-state index is 12.5. The van der Waals surface area contributed by atoms with Crippen molar-refractivity contribution in [3.8, 4) is 0 Å². The molecule has 2 aromatic rings. The lowest BCUT2D eigenvalue weighted by Crippen LogP contribution is -2.41. The van der Waals surface area contributed by atoms with Crippen LogP contribution >= 0.6 is 23.4 Å². The molecule has 136 valence electrons. The van der Waals surface area contributed by atoms with E-state index in [-0.39, 0.29) is 18.4 Å². The molecule has 0 spiro atoms. The number of nitrogens with one attached hydrogen (secondary N) is 1. The first-order valence-electron chi connectivity index (χ1n) is 8.62. The SMILES string of the molecule is O=C(NCC(=O)N1CCS[C@@H](c2ccccc2Cl)CC1)c1ccccc1. The van der Waals surface area contributed by atoms with Crippen LogP contribution in [0.2, 0.25) is 5.02 Å². The Morgan fingerprint density at radius 2 is 1.81 bits per heavy atom. The molecule has 6 heteroatoms. The van der Waals surface area contributed by atoms with Gasteiger partial charge in [0.1, 0.15) is 0 Å². The predicted molar refractivity (Wildman–Crippen MR) is 107 cm³/mol. The van der Waals surface area contributed by atoms with Crippen LogP contribution in [0.25, 0.3) is 0 Å². The van der Waals surface area contributed by atoms with Crippen LogP contribution in [-0.2, 0) is 4.79 Å². The van der Waals surface area contributed by atoms with Gasteiger partial charge in [-0.3, -0.25) is 9.59 Å². The highest BCUT2D eigenvalue weighted by molar-refractivity contribution is 7.99. The molecule has 1 atom stereocenters. The monoisotopic (exact) mass is 388 g/mol. The standard InChI is InChI=1S/C20H21ClN2O2S/c21-17-9-5-4-8-16(17)18-10-11-23(12-13-26-18)19(24)14-22-20(25)15-6-2-1-3-7-15/h1-9,18H,10-14H2,(H,22,25)/t18-/m1/s1. The summed E-state index contributed by atoms with van der Waals surface area (Å²) in [7, 11) is 0. The van der Waals surface area contributed by atoms with Crippen molar-refractivity contribution in [2.75, 3.05) is 25.4 Å². The third-order valence-electron chi connectivity index (χ3n) is 4.38. The zero-order chi connectivity index (χ0) is 18.4. The van der Waals surface area contributed by atoms with E-state index in [2.05, 4.69) is 11.4 Å². The Hall–Kier alpha value is -1.98. The van der Waals surface area contributed by atoms with Crippen LogP contribution < -0.4 is 5.32 Å². The highest BCUT2D eigenvalue weighted by Gasteiger charge is 2.23. The number of amides is 2. The maximum Gasteiger partial charge on any atom is 0.251 e. The first-order chi connectivity index (χ1) is 12.6. The number of hydrogen-bond donors (Lipinski definition) is 1. The summed E-state index contributed by atoms with van der Waals surface area (Å²) in [5, 5.41) is 3.78. The lowest BCUT2D eigenvalue weighted by atomic mass is 10.1. The fourth-order valence-electron chi connectivity index (χ4n) is 2.96. The molecule has 2 amide bonds. The fraction of sp³-hybridized carbons (Fsp3) is 0.300. The van der Waals surface area contributed by atoms with Gasteiger partial charge in [0.05, 0.1) is 6.54 Å². The molecule has 1 fully saturated rings. The quantitative estimate of drug-likeness (QED) is 0.867. The molecule has 1 N–H and O–H groups in total. The van der Waals surface area contributed by atoms with Gasteiger partial charge in [-0.05, 0) is 30.2 Å². The molecule has 0 saturated carbocycles. The number of carbonyl (C=O) groups is 2. The molecule has 0 bridgehead atoms. The van der Waals surface area contributed by atoms with Gasteiger partial charge in [-0.25, -0.2) is 0 Å². The van der Waals surface area contributed by atoms with Gasteiger partial charge in [-0.1, -0.05) is 48.0 Å². The van der Waals surface area contributed by atoms with E-state index in [4.69, 9.17) is 11.6 Å². The second kappa shape index (κ2) is 9.10. The van der Waals surface area contributed by atoms with Crippen LogP contribution in [0, 0.1) is 0 Å². The van der Waals surface area contributed by atoms with E-state index >= 15 is 0 Å². The van der Waals surface area contributed by atoms with Gasteiger partial charge in [0.15, 0.2) is 0 Å². The summed E-state index contributed by atoms with van der Waals surface area (Å²) < 4.78 is 0. The molecule has 1 aliphatic rings. The van der Waals surface area contributed by atoms with E-state index in [1.54, 1.807) is 24.3 Å². The van der Waals surface area contributed by atoms with Crippen molar-refractivity contribution >= 4 is 35.2 Å². The number of benzene rings is 2. The first kappa shape index (κ1) is 18.8. The Kier molecular flexibility index (Phi) is 6.58. The number of hydrogen-bond acceptors (Lipinski definition) is 3. The van der Waals surface area contributed by atoms with Crippen LogP contribution in [0.5, 0.6) is 0 Å². The summed E-state index contributed by atoms with van der Waals surface area (Å²) in [5.41, 5.74) is 1.69. The van der Waals surface area contributed by atoms with Crippen LogP contribution in [0.1, 0.15) is 27.6 Å². The van der Waals surface area contributed by atoms with E-state index in [9.17, 15) is 9.59 Å². The molecule has 2 aromatic carbocycles. The van der Waals surface area contributed by atoms with E-state index < -0.39 is 0 Å². The first-order valence-corrected chi connectivity index (χ1v) is 10.0. The Bertz CT molecular complexity index is 769. The van der Waals surface area contributed by atoms with Crippen LogP contribution in [0.4, 0.5) is 0 Å². The Morgan fingerprint density at radius 3 is 2.58 bits per heavy atom. The molecule has 1 aliphatic heterocycles. The van der Waals surface area contributed by atoms with Gasteiger partial charge < -0.3 is 10.2 Å². The molecular formula is C20H21ClN2O2S. The zero-order valence-corrected chi connectivity index (χ0v) is 15.9. The van der Waals surface area contributed by atoms with Crippen molar-refractivity contribution in [3.05, 3.63) is 70.7 Å². The van der Waals surface area contributed by atoms with Gasteiger partial charge in [0.25, 0.3) is 5.91 Å². The average Bonchev–Trinajstić information content (AvgIpc) is 2.93. The Labute approximate surface area is 162 Å². The van der Waals surface area contributed by atoms with Gasteiger partial charge in [0, 0.05) is 34.7 Å². The van der Waals surface area contributed by atoms with Crippen molar-refractivity contribution in [1.82, 2.24) is 10.2 Å². The minimum Gasteiger partial charge on any atom is -0.343 e. The van der Waals surface area contributed by atoms with Gasteiger partial charge >= 0.3 is 0 Å². The van der Waals surface area contributed by atoms with E-state index in [1.807, 2.05) is 40.9 Å². The summed E-state index contributed by atoms with van der Waals surface area (Å²) in [5.74, 6) is 0.584. The largest absolute Gasteiger partial charge is 0.343 e. The predicted octanol–water partition coefficient (Wildman–Crippen LogP) is 3.78. The van der Waals surface area contributed by atoms with Crippen LogP contribution in [0.3, 0.4) is 0 Å². The Morgan fingerprint density at radius 1 is 1.08 bits per heavy atom. The molecule has 0 aliphatic carbocycles. The van der Waals surface area contributed by atoms with Crippen molar-refractivity contribution in [2.45, 2.75) is 11.7 Å². The maximum absolute atomic E-state index is 12.5. The second-order valence-electron chi connectivity index (χ2n) is 6.10. The highest BCUT2D eigenvalue weighted by Crippen LogP contribution is 2.37. The molecule has 3 rings (SSSR count). The lowest BCUT2D eigenvalue weighted by molar-refractivity contribution is -0.129. The molecule has 0 aromatic heterocycles. The van der Waals surface area contributed by atoms with Gasteiger partial charge in [0.2, 0.25) is 5.91 Å². The van der Waals surface area contributed by atoms with Crippen molar-refractivity contribution in [3.63, 3.8) is 0 Å². The summed E-state index contributed by atoms with van der Waals surface area (Å²) in [6.45, 7) is 1.38. The van der Waals surface area contributed by atoms with Crippen LogP contribution in [-0.4, -0.2) is 42.1 Å². The molecule has 1 heterocycles. The molecule has 1 saturated heterocycles. The average molecular weight is 389 g/mol. The van der Waals surface area contributed by atoms with Gasteiger partial charge in [-0.15, -0.1) is 0 Å². The molecule has 0 radical (unpaired) electrons. The highest BCUT2D eigenvalue weighted by atomic mass is 35.5. The smallest absolute Gasteiger partial charge is 0.251 e. The molecule has 0 unspecified atom stereocenters. The number of thioether (sulfide) groups is 1.